The number of rotatable bonds is 4. The van der Waals surface area contributed by atoms with E-state index in [1.165, 1.54) is 0 Å². The molecule has 0 amide bonds. The van der Waals surface area contributed by atoms with Crippen LogP contribution in [-0.2, 0) is 0 Å². The first kappa shape index (κ1) is 15.6. The van der Waals surface area contributed by atoms with Crippen molar-refractivity contribution in [3.8, 4) is 34.8 Å². The molecule has 3 heterocycles. The van der Waals surface area contributed by atoms with Gasteiger partial charge in [-0.2, -0.15) is 5.26 Å². The highest BCUT2D eigenvalue weighted by Gasteiger charge is 2.10. The fourth-order valence-electron chi connectivity index (χ4n) is 2.48. The SMILES string of the molecule is COc1ccc(-c2cnc3ccc(Oc4ccc(C#N)cc4)nn23)cn1. The number of pyridine rings is 1. The van der Waals surface area contributed by atoms with Crippen LogP contribution in [0.1, 0.15) is 5.56 Å². The van der Waals surface area contributed by atoms with Gasteiger partial charge in [0.2, 0.25) is 11.8 Å². The average molecular weight is 343 g/mol. The summed E-state index contributed by atoms with van der Waals surface area (Å²) >= 11 is 0. The minimum Gasteiger partial charge on any atom is -0.481 e. The van der Waals surface area contributed by atoms with Gasteiger partial charge in [-0.05, 0) is 36.4 Å². The first-order valence-corrected chi connectivity index (χ1v) is 7.80. The first-order valence-electron chi connectivity index (χ1n) is 7.80. The number of methoxy groups -OCH3 is 1. The Balaban J connectivity index is 1.68. The summed E-state index contributed by atoms with van der Waals surface area (Å²) < 4.78 is 12.6. The Morgan fingerprint density at radius 3 is 2.42 bits per heavy atom. The minimum atomic E-state index is 0.419. The van der Waals surface area contributed by atoms with Crippen molar-refractivity contribution in [1.82, 2.24) is 19.6 Å². The van der Waals surface area contributed by atoms with Crippen LogP contribution in [0, 0.1) is 11.3 Å². The van der Waals surface area contributed by atoms with Crippen molar-refractivity contribution in [3.05, 3.63) is 66.5 Å². The predicted octanol–water partition coefficient (Wildman–Crippen LogP) is 3.46. The topological polar surface area (TPSA) is 85.3 Å². The molecule has 7 heteroatoms. The summed E-state index contributed by atoms with van der Waals surface area (Å²) in [5.41, 5.74) is 2.93. The number of hydrogen-bond acceptors (Lipinski definition) is 6. The van der Waals surface area contributed by atoms with E-state index < -0.39 is 0 Å². The molecular weight excluding hydrogens is 330 g/mol. The Kier molecular flexibility index (Phi) is 3.92. The van der Waals surface area contributed by atoms with Crippen LogP contribution in [0.3, 0.4) is 0 Å². The second-order valence-corrected chi connectivity index (χ2v) is 5.41. The van der Waals surface area contributed by atoms with Crippen LogP contribution in [0.15, 0.2) is 60.9 Å². The molecule has 0 fully saturated rings. The fraction of sp³-hybridized carbons (Fsp3) is 0.0526. The van der Waals surface area contributed by atoms with Crippen molar-refractivity contribution < 1.29 is 9.47 Å². The van der Waals surface area contributed by atoms with Crippen LogP contribution in [-0.4, -0.2) is 26.7 Å². The highest BCUT2D eigenvalue weighted by Crippen LogP contribution is 2.24. The van der Waals surface area contributed by atoms with Gasteiger partial charge in [-0.3, -0.25) is 0 Å². The third-order valence-electron chi connectivity index (χ3n) is 3.78. The standard InChI is InChI=1S/C19H13N5O2/c1-25-18-8-4-14(11-22-18)16-12-21-17-7-9-19(23-24(16)17)26-15-5-2-13(10-20)3-6-15/h2-9,11-12H,1H3. The maximum Gasteiger partial charge on any atom is 0.237 e. The molecule has 0 aliphatic heterocycles. The van der Waals surface area contributed by atoms with Gasteiger partial charge in [-0.1, -0.05) is 0 Å². The lowest BCUT2D eigenvalue weighted by atomic mass is 10.2. The van der Waals surface area contributed by atoms with E-state index in [-0.39, 0.29) is 0 Å². The molecule has 0 radical (unpaired) electrons. The first-order chi connectivity index (χ1) is 12.8. The van der Waals surface area contributed by atoms with Gasteiger partial charge in [-0.15, -0.1) is 5.10 Å². The molecule has 126 valence electrons. The number of imidazole rings is 1. The van der Waals surface area contributed by atoms with Crippen molar-refractivity contribution in [2.24, 2.45) is 0 Å². The highest BCUT2D eigenvalue weighted by molar-refractivity contribution is 5.62. The Morgan fingerprint density at radius 2 is 1.73 bits per heavy atom. The van der Waals surface area contributed by atoms with E-state index in [1.807, 2.05) is 12.1 Å². The summed E-state index contributed by atoms with van der Waals surface area (Å²) in [4.78, 5) is 8.58. The number of hydrogen-bond donors (Lipinski definition) is 0. The number of fused-ring (bicyclic) bond motifs is 1. The van der Waals surface area contributed by atoms with Crippen LogP contribution in [0.5, 0.6) is 17.5 Å². The molecule has 0 saturated heterocycles. The van der Waals surface area contributed by atoms with Crippen molar-refractivity contribution in [2.75, 3.05) is 7.11 Å². The lowest BCUT2D eigenvalue weighted by Gasteiger charge is -2.06. The van der Waals surface area contributed by atoms with Crippen molar-refractivity contribution in [3.63, 3.8) is 0 Å². The van der Waals surface area contributed by atoms with E-state index in [9.17, 15) is 0 Å². The van der Waals surface area contributed by atoms with E-state index in [2.05, 4.69) is 21.1 Å². The molecule has 0 aliphatic carbocycles. The third-order valence-corrected chi connectivity index (χ3v) is 3.78. The molecule has 1 aromatic carbocycles. The van der Waals surface area contributed by atoms with Crippen molar-refractivity contribution >= 4 is 5.65 Å². The summed E-state index contributed by atoms with van der Waals surface area (Å²) in [7, 11) is 1.57. The van der Waals surface area contributed by atoms with Crippen LogP contribution >= 0.6 is 0 Å². The number of nitrogens with zero attached hydrogens (tertiary/aromatic N) is 5. The van der Waals surface area contributed by atoms with Crippen LogP contribution < -0.4 is 9.47 Å². The molecule has 4 rings (SSSR count). The summed E-state index contributed by atoms with van der Waals surface area (Å²) in [6, 6.07) is 16.2. The molecule has 26 heavy (non-hydrogen) atoms. The van der Waals surface area contributed by atoms with Gasteiger partial charge in [0.15, 0.2) is 5.65 Å². The highest BCUT2D eigenvalue weighted by atomic mass is 16.5. The summed E-state index contributed by atoms with van der Waals surface area (Å²) in [6.45, 7) is 0. The molecule has 0 bridgehead atoms. The lowest BCUT2D eigenvalue weighted by molar-refractivity contribution is 0.398. The Bertz CT molecular complexity index is 1100. The van der Waals surface area contributed by atoms with Crippen molar-refractivity contribution in [1.29, 1.82) is 5.26 Å². The van der Waals surface area contributed by atoms with E-state index >= 15 is 0 Å². The predicted molar refractivity (Wildman–Crippen MR) is 94.0 cm³/mol. The maximum atomic E-state index is 8.86. The molecule has 0 aliphatic rings. The van der Waals surface area contributed by atoms with E-state index in [1.54, 1.807) is 60.4 Å². The molecule has 0 atom stereocenters. The summed E-state index contributed by atoms with van der Waals surface area (Å²) in [6.07, 6.45) is 3.44. The smallest absolute Gasteiger partial charge is 0.237 e. The van der Waals surface area contributed by atoms with Gasteiger partial charge in [0.25, 0.3) is 0 Å². The van der Waals surface area contributed by atoms with Gasteiger partial charge in [0.05, 0.1) is 30.6 Å². The third kappa shape index (κ3) is 2.91. The molecule has 0 N–H and O–H groups in total. The molecule has 3 aromatic heterocycles. The molecule has 0 spiro atoms. The minimum absolute atomic E-state index is 0.419. The Labute approximate surface area is 149 Å². The number of ether oxygens (including phenoxy) is 2. The molecule has 4 aromatic rings. The van der Waals surface area contributed by atoms with E-state index in [0.717, 1.165) is 11.3 Å². The van der Waals surface area contributed by atoms with Gasteiger partial charge in [0, 0.05) is 23.9 Å². The second kappa shape index (κ2) is 6.53. The summed E-state index contributed by atoms with van der Waals surface area (Å²) in [5, 5.41) is 13.4. The fourth-order valence-corrected chi connectivity index (χ4v) is 2.48. The number of nitriles is 1. The molecule has 0 saturated carbocycles. The van der Waals surface area contributed by atoms with E-state index in [0.29, 0.717) is 28.7 Å². The largest absolute Gasteiger partial charge is 0.481 e. The average Bonchev–Trinajstić information content (AvgIpc) is 3.12. The molecular formula is C19H13N5O2. The van der Waals surface area contributed by atoms with Crippen molar-refractivity contribution in [2.45, 2.75) is 0 Å². The zero-order valence-corrected chi connectivity index (χ0v) is 13.8. The van der Waals surface area contributed by atoms with Gasteiger partial charge in [-0.25, -0.2) is 14.5 Å². The Hall–Kier alpha value is -3.92. The second-order valence-electron chi connectivity index (χ2n) is 5.41. The van der Waals surface area contributed by atoms with Crippen LogP contribution in [0.4, 0.5) is 0 Å². The normalized spacial score (nSPS) is 10.5. The Morgan fingerprint density at radius 1 is 0.923 bits per heavy atom. The van der Waals surface area contributed by atoms with Crippen LogP contribution in [0.25, 0.3) is 16.9 Å². The van der Waals surface area contributed by atoms with Crippen LogP contribution in [0.2, 0.25) is 0 Å². The number of benzene rings is 1. The summed E-state index contributed by atoms with van der Waals surface area (Å²) in [5.74, 6) is 1.56. The zero-order valence-electron chi connectivity index (χ0n) is 13.8. The molecule has 7 nitrogen and oxygen atoms in total. The van der Waals surface area contributed by atoms with Gasteiger partial charge < -0.3 is 9.47 Å². The lowest BCUT2D eigenvalue weighted by Crippen LogP contribution is -1.98. The zero-order chi connectivity index (χ0) is 17.9. The monoisotopic (exact) mass is 343 g/mol. The number of aromatic nitrogens is 4. The van der Waals surface area contributed by atoms with Gasteiger partial charge >= 0.3 is 0 Å². The van der Waals surface area contributed by atoms with Gasteiger partial charge in [0.1, 0.15) is 5.75 Å². The molecule has 0 unspecified atom stereocenters. The van der Waals surface area contributed by atoms with E-state index in [4.69, 9.17) is 14.7 Å². The maximum absolute atomic E-state index is 8.86. The quantitative estimate of drug-likeness (QED) is 0.564.